The summed E-state index contributed by atoms with van der Waals surface area (Å²) in [6.45, 7) is 0. The molecule has 2 unspecified atom stereocenters. The molecule has 0 spiro atoms. The van der Waals surface area contributed by atoms with Crippen LogP contribution in [0.2, 0.25) is 5.02 Å². The summed E-state index contributed by atoms with van der Waals surface area (Å²) in [4.78, 5) is 21.1. The van der Waals surface area contributed by atoms with Gasteiger partial charge >= 0.3 is 6.18 Å². The van der Waals surface area contributed by atoms with Crippen LogP contribution in [0.3, 0.4) is 0 Å². The molecule has 2 aliphatic rings. The second kappa shape index (κ2) is 8.74. The van der Waals surface area contributed by atoms with Crippen molar-refractivity contribution in [1.29, 1.82) is 0 Å². The van der Waals surface area contributed by atoms with Gasteiger partial charge in [0.15, 0.2) is 6.04 Å². The van der Waals surface area contributed by atoms with Gasteiger partial charge in [-0.3, -0.25) is 9.80 Å². The van der Waals surface area contributed by atoms with E-state index in [9.17, 15) is 18.0 Å². The number of benzene rings is 2. The zero-order valence-corrected chi connectivity index (χ0v) is 19.3. The number of hydrazone groups is 1. The molecule has 5 rings (SSSR count). The fraction of sp³-hybridized carbons (Fsp3) is 0.250. The van der Waals surface area contributed by atoms with Crippen molar-refractivity contribution in [3.63, 3.8) is 0 Å². The molecule has 7 nitrogen and oxygen atoms in total. The average Bonchev–Trinajstić information content (AvgIpc) is 3.55. The van der Waals surface area contributed by atoms with Crippen molar-refractivity contribution in [1.82, 2.24) is 9.97 Å². The number of nitrogens with zero attached hydrogens (tertiary/aromatic N) is 4. The maximum Gasteiger partial charge on any atom is 0.412 e. The lowest BCUT2D eigenvalue weighted by atomic mass is 9.72. The van der Waals surface area contributed by atoms with Crippen LogP contribution in [0.4, 0.5) is 29.1 Å². The predicted octanol–water partition coefficient (Wildman–Crippen LogP) is 4.67. The molecule has 1 amide bonds. The minimum absolute atomic E-state index is 0.0770. The Balaban J connectivity index is 1.74. The highest BCUT2D eigenvalue weighted by Crippen LogP contribution is 2.48. The first-order valence-corrected chi connectivity index (χ1v) is 11.3. The van der Waals surface area contributed by atoms with Crippen LogP contribution >= 0.6 is 11.6 Å². The molecule has 1 aliphatic heterocycles. The normalized spacial score (nSPS) is 21.6. The number of aromatic nitrogens is 2. The standard InChI is InChI=1S/C24H19ClF4N6O/c25-18-19(31-12-32-20(18)34-13-9-10-13)17-15(7-4-8-16(17)26)23(22(30)36)11-33-35(21(23)24(27,28)29)14-5-2-1-3-6-14/h1-8,11-13,21H,9-10H2,(H2,30,36)(H,31,32,34). The summed E-state index contributed by atoms with van der Waals surface area (Å²) in [6, 6.07) is 8.54. The fourth-order valence-corrected chi connectivity index (χ4v) is 4.65. The predicted molar refractivity (Wildman–Crippen MR) is 127 cm³/mol. The molecule has 2 atom stereocenters. The number of primary amides is 1. The summed E-state index contributed by atoms with van der Waals surface area (Å²) in [6.07, 6.45) is -1.27. The van der Waals surface area contributed by atoms with E-state index in [0.717, 1.165) is 31.4 Å². The van der Waals surface area contributed by atoms with Gasteiger partial charge in [-0.05, 0) is 36.6 Å². The first kappa shape index (κ1) is 24.0. The lowest BCUT2D eigenvalue weighted by molar-refractivity contribution is -0.162. The van der Waals surface area contributed by atoms with Gasteiger partial charge in [0.05, 0.1) is 11.4 Å². The highest BCUT2D eigenvalue weighted by atomic mass is 35.5. The summed E-state index contributed by atoms with van der Waals surface area (Å²) >= 11 is 6.51. The van der Waals surface area contributed by atoms with E-state index in [-0.39, 0.29) is 33.8 Å². The number of carbonyl (C=O) groups excluding carboxylic acids is 1. The van der Waals surface area contributed by atoms with Crippen LogP contribution in [-0.4, -0.2) is 40.3 Å². The van der Waals surface area contributed by atoms with Crippen LogP contribution in [0, 0.1) is 5.82 Å². The van der Waals surface area contributed by atoms with E-state index >= 15 is 4.39 Å². The first-order chi connectivity index (χ1) is 17.1. The highest BCUT2D eigenvalue weighted by Gasteiger charge is 2.64. The van der Waals surface area contributed by atoms with E-state index in [4.69, 9.17) is 17.3 Å². The molecule has 3 N–H and O–H groups in total. The Kier molecular flexibility index (Phi) is 5.82. The molecule has 1 saturated carbocycles. The third-order valence-electron chi connectivity index (χ3n) is 6.20. The molecule has 186 valence electrons. The Morgan fingerprint density at radius 2 is 1.83 bits per heavy atom. The topological polar surface area (TPSA) is 96.5 Å². The number of carbonyl (C=O) groups is 1. The molecular formula is C24H19ClF4N6O. The van der Waals surface area contributed by atoms with Gasteiger partial charge in [0.2, 0.25) is 5.91 Å². The van der Waals surface area contributed by atoms with Crippen molar-refractivity contribution in [2.45, 2.75) is 36.5 Å². The number of hydrogen-bond donors (Lipinski definition) is 2. The molecule has 36 heavy (non-hydrogen) atoms. The summed E-state index contributed by atoms with van der Waals surface area (Å²) in [5.74, 6) is -2.08. The third-order valence-corrected chi connectivity index (χ3v) is 6.56. The van der Waals surface area contributed by atoms with Crippen LogP contribution in [-0.2, 0) is 10.2 Å². The van der Waals surface area contributed by atoms with Crippen molar-refractivity contribution in [2.75, 3.05) is 10.3 Å². The number of para-hydroxylation sites is 1. The molecule has 0 saturated heterocycles. The van der Waals surface area contributed by atoms with Crippen molar-refractivity contribution in [2.24, 2.45) is 10.8 Å². The van der Waals surface area contributed by atoms with Crippen molar-refractivity contribution in [3.8, 4) is 11.3 Å². The fourth-order valence-electron chi connectivity index (χ4n) is 4.40. The maximum absolute atomic E-state index is 15.4. The smallest absolute Gasteiger partial charge is 0.368 e. The number of nitrogens with one attached hydrogen (secondary N) is 1. The molecule has 2 heterocycles. The SMILES string of the molecule is NC(=O)C1(c2cccc(F)c2-c2ncnc(NC3CC3)c2Cl)C=NN(c2ccccc2)C1C(F)(F)F. The molecule has 0 bridgehead atoms. The number of rotatable bonds is 6. The summed E-state index contributed by atoms with van der Waals surface area (Å²) < 4.78 is 59.5. The maximum atomic E-state index is 15.4. The van der Waals surface area contributed by atoms with Gasteiger partial charge in [0.25, 0.3) is 0 Å². The molecule has 1 aromatic heterocycles. The van der Waals surface area contributed by atoms with Gasteiger partial charge in [-0.15, -0.1) is 0 Å². The Bertz CT molecular complexity index is 1350. The highest BCUT2D eigenvalue weighted by molar-refractivity contribution is 6.35. The molecule has 3 aromatic rings. The Morgan fingerprint density at radius 1 is 1.11 bits per heavy atom. The van der Waals surface area contributed by atoms with Crippen molar-refractivity contribution < 1.29 is 22.4 Å². The Hall–Kier alpha value is -3.73. The number of nitrogens with two attached hydrogens (primary N) is 1. The first-order valence-electron chi connectivity index (χ1n) is 11.0. The van der Waals surface area contributed by atoms with E-state index < -0.39 is 34.9 Å². The Morgan fingerprint density at radius 3 is 2.47 bits per heavy atom. The van der Waals surface area contributed by atoms with E-state index in [1.165, 1.54) is 36.4 Å². The minimum atomic E-state index is -5.00. The average molecular weight is 519 g/mol. The second-order valence-corrected chi connectivity index (χ2v) is 8.95. The van der Waals surface area contributed by atoms with E-state index in [2.05, 4.69) is 20.4 Å². The number of hydrogen-bond acceptors (Lipinski definition) is 6. The number of alkyl halides is 3. The van der Waals surface area contributed by atoms with Gasteiger partial charge in [-0.2, -0.15) is 18.3 Å². The van der Waals surface area contributed by atoms with Crippen LogP contribution < -0.4 is 16.1 Å². The molecule has 12 heteroatoms. The largest absolute Gasteiger partial charge is 0.412 e. The summed E-state index contributed by atoms with van der Waals surface area (Å²) in [7, 11) is 0. The van der Waals surface area contributed by atoms with Crippen molar-refractivity contribution >= 4 is 35.2 Å². The lowest BCUT2D eigenvalue weighted by Gasteiger charge is -2.37. The molecule has 1 aliphatic carbocycles. The molecule has 2 aromatic carbocycles. The number of anilines is 2. The van der Waals surface area contributed by atoms with Crippen molar-refractivity contribution in [3.05, 3.63) is 71.3 Å². The summed E-state index contributed by atoms with van der Waals surface area (Å²) in [5, 5.41) is 7.61. The number of halogens is 5. The Labute approximate surface area is 208 Å². The second-order valence-electron chi connectivity index (χ2n) is 8.57. The van der Waals surface area contributed by atoms with E-state index in [1.807, 2.05) is 0 Å². The number of amides is 1. The third kappa shape index (κ3) is 3.93. The van der Waals surface area contributed by atoms with Crippen LogP contribution in [0.1, 0.15) is 18.4 Å². The van der Waals surface area contributed by atoms with E-state index in [1.54, 1.807) is 6.07 Å². The van der Waals surface area contributed by atoms with Gasteiger partial charge in [0, 0.05) is 17.8 Å². The van der Waals surface area contributed by atoms with E-state index in [0.29, 0.717) is 5.01 Å². The monoisotopic (exact) mass is 518 g/mol. The van der Waals surface area contributed by atoms with Gasteiger partial charge < -0.3 is 11.1 Å². The quantitative estimate of drug-likeness (QED) is 0.462. The zero-order valence-electron chi connectivity index (χ0n) is 18.5. The van der Waals surface area contributed by atoms with Gasteiger partial charge in [-0.25, -0.2) is 14.4 Å². The van der Waals surface area contributed by atoms with Gasteiger partial charge in [-0.1, -0.05) is 41.9 Å². The molecular weight excluding hydrogens is 500 g/mol. The van der Waals surface area contributed by atoms with Crippen LogP contribution in [0.5, 0.6) is 0 Å². The molecule has 1 fully saturated rings. The van der Waals surface area contributed by atoms with Crippen LogP contribution in [0.15, 0.2) is 60.0 Å². The van der Waals surface area contributed by atoms with Gasteiger partial charge in [0.1, 0.15) is 28.4 Å². The lowest BCUT2D eigenvalue weighted by Crippen LogP contribution is -2.60. The van der Waals surface area contributed by atoms with Crippen LogP contribution in [0.25, 0.3) is 11.3 Å². The zero-order chi connectivity index (χ0) is 25.7. The minimum Gasteiger partial charge on any atom is -0.368 e. The molecule has 0 radical (unpaired) electrons. The summed E-state index contributed by atoms with van der Waals surface area (Å²) in [5.41, 5.74) is 2.23.